The molecule has 0 rings (SSSR count). The molecule has 0 fully saturated rings. The summed E-state index contributed by atoms with van der Waals surface area (Å²) in [6, 6.07) is 0. The van der Waals surface area contributed by atoms with E-state index in [9.17, 15) is 0 Å². The first-order valence-corrected chi connectivity index (χ1v) is 3.28. The molecule has 0 bridgehead atoms. The first kappa shape index (κ1) is 10.2. The molecule has 0 heterocycles. The lowest BCUT2D eigenvalue weighted by molar-refractivity contribution is -0.119. The highest BCUT2D eigenvalue weighted by Gasteiger charge is 1.98. The normalized spacial score (nSPS) is 9.64. The molecular formula is C5H14N4O2. The van der Waals surface area contributed by atoms with Crippen LogP contribution in [0.4, 0.5) is 0 Å². The number of hydrogen-bond donors (Lipinski definition) is 3. The lowest BCUT2D eigenvalue weighted by Gasteiger charge is -2.14. The predicted molar refractivity (Wildman–Crippen MR) is 40.4 cm³/mol. The van der Waals surface area contributed by atoms with Crippen molar-refractivity contribution in [2.75, 3.05) is 19.8 Å². The number of nitrogens with zero attached hydrogens (tertiary/aromatic N) is 1. The first-order chi connectivity index (χ1) is 5.18. The molecule has 0 aliphatic heterocycles. The molecule has 0 spiro atoms. The predicted octanol–water partition coefficient (Wildman–Crippen LogP) is -0.976. The van der Waals surface area contributed by atoms with Gasteiger partial charge in [0.15, 0.2) is 0 Å². The summed E-state index contributed by atoms with van der Waals surface area (Å²) in [5, 5.41) is 7.49. The third-order valence-corrected chi connectivity index (χ3v) is 0.900. The summed E-state index contributed by atoms with van der Waals surface area (Å²) in [6.07, 6.45) is 0. The van der Waals surface area contributed by atoms with Crippen molar-refractivity contribution in [1.82, 2.24) is 5.17 Å². The second-order valence-corrected chi connectivity index (χ2v) is 1.74. The minimum atomic E-state index is -0.332. The van der Waals surface area contributed by atoms with Crippen molar-refractivity contribution in [3.63, 3.8) is 0 Å². The van der Waals surface area contributed by atoms with Crippen LogP contribution in [0.2, 0.25) is 0 Å². The molecule has 0 aromatic rings. The summed E-state index contributed by atoms with van der Waals surface area (Å²) in [5.74, 6) is 4.77. The van der Waals surface area contributed by atoms with Crippen molar-refractivity contribution >= 4 is 5.96 Å². The van der Waals surface area contributed by atoms with Crippen LogP contribution in [0, 0.1) is 5.41 Å². The first-order valence-electron chi connectivity index (χ1n) is 3.28. The van der Waals surface area contributed by atoms with Gasteiger partial charge in [-0.05, 0) is 6.92 Å². The molecule has 0 amide bonds. The van der Waals surface area contributed by atoms with E-state index in [2.05, 4.69) is 0 Å². The fourth-order valence-corrected chi connectivity index (χ4v) is 0.408. The van der Waals surface area contributed by atoms with Gasteiger partial charge in [-0.2, -0.15) is 5.17 Å². The molecule has 0 aromatic heterocycles. The van der Waals surface area contributed by atoms with E-state index >= 15 is 0 Å². The molecule has 0 saturated carbocycles. The molecule has 66 valence electrons. The number of hydrogen-bond acceptors (Lipinski definition) is 4. The van der Waals surface area contributed by atoms with Crippen molar-refractivity contribution in [2.24, 2.45) is 11.6 Å². The van der Waals surface area contributed by atoms with Gasteiger partial charge < -0.3 is 10.5 Å². The summed E-state index contributed by atoms with van der Waals surface area (Å²) in [4.78, 5) is 4.74. The van der Waals surface area contributed by atoms with Crippen LogP contribution >= 0.6 is 0 Å². The molecule has 0 radical (unpaired) electrons. The van der Waals surface area contributed by atoms with E-state index in [1.165, 1.54) is 0 Å². The van der Waals surface area contributed by atoms with Gasteiger partial charge in [0.25, 0.3) is 0 Å². The Morgan fingerprint density at radius 2 is 2.18 bits per heavy atom. The average molecular weight is 162 g/mol. The summed E-state index contributed by atoms with van der Waals surface area (Å²) in [7, 11) is 0. The van der Waals surface area contributed by atoms with E-state index in [4.69, 9.17) is 26.6 Å². The van der Waals surface area contributed by atoms with Crippen molar-refractivity contribution < 1.29 is 9.57 Å². The van der Waals surface area contributed by atoms with Gasteiger partial charge >= 0.3 is 0 Å². The molecule has 0 aliphatic carbocycles. The number of nitrogens with two attached hydrogens (primary N) is 2. The van der Waals surface area contributed by atoms with E-state index in [1.54, 1.807) is 0 Å². The molecule has 0 saturated heterocycles. The van der Waals surface area contributed by atoms with Gasteiger partial charge in [0.2, 0.25) is 5.96 Å². The second-order valence-electron chi connectivity index (χ2n) is 1.74. The SMILES string of the molecule is CCOCCON(N)C(=N)N. The van der Waals surface area contributed by atoms with Gasteiger partial charge in [0.1, 0.15) is 6.61 Å². The van der Waals surface area contributed by atoms with Crippen molar-refractivity contribution in [2.45, 2.75) is 6.92 Å². The number of hydrazine groups is 1. The minimum absolute atomic E-state index is 0.296. The Kier molecular flexibility index (Phi) is 5.44. The summed E-state index contributed by atoms with van der Waals surface area (Å²) >= 11 is 0. The second kappa shape index (κ2) is 5.90. The topological polar surface area (TPSA) is 97.6 Å². The quantitative estimate of drug-likeness (QED) is 0.159. The maximum atomic E-state index is 6.79. The van der Waals surface area contributed by atoms with Crippen LogP contribution in [0.5, 0.6) is 0 Å². The van der Waals surface area contributed by atoms with Crippen molar-refractivity contribution in [3.8, 4) is 0 Å². The van der Waals surface area contributed by atoms with Crippen LogP contribution in [0.3, 0.4) is 0 Å². The molecule has 0 aliphatic rings. The Morgan fingerprint density at radius 3 is 2.64 bits per heavy atom. The lowest BCUT2D eigenvalue weighted by Crippen LogP contribution is -2.42. The third kappa shape index (κ3) is 5.59. The van der Waals surface area contributed by atoms with Crippen LogP contribution < -0.4 is 11.6 Å². The highest BCUT2D eigenvalue weighted by atomic mass is 16.7. The summed E-state index contributed by atoms with van der Waals surface area (Å²) < 4.78 is 4.95. The number of rotatable bonds is 5. The number of hydroxylamine groups is 1. The van der Waals surface area contributed by atoms with E-state index in [0.29, 0.717) is 25.0 Å². The Morgan fingerprint density at radius 1 is 1.55 bits per heavy atom. The Bertz CT molecular complexity index is 119. The number of guanidine groups is 1. The van der Waals surface area contributed by atoms with Crippen LogP contribution in [-0.2, 0) is 9.57 Å². The smallest absolute Gasteiger partial charge is 0.228 e. The molecule has 0 aromatic carbocycles. The third-order valence-electron chi connectivity index (χ3n) is 0.900. The summed E-state index contributed by atoms with van der Waals surface area (Å²) in [6.45, 7) is 3.25. The van der Waals surface area contributed by atoms with Gasteiger partial charge in [-0.15, -0.1) is 0 Å². The number of nitrogens with one attached hydrogen (secondary N) is 1. The maximum Gasteiger partial charge on any atom is 0.228 e. The van der Waals surface area contributed by atoms with Crippen molar-refractivity contribution in [3.05, 3.63) is 0 Å². The van der Waals surface area contributed by atoms with Gasteiger partial charge in [-0.25, -0.2) is 5.84 Å². The molecule has 5 N–H and O–H groups in total. The Balaban J connectivity index is 3.17. The van der Waals surface area contributed by atoms with E-state index < -0.39 is 0 Å². The van der Waals surface area contributed by atoms with Gasteiger partial charge in [-0.1, -0.05) is 0 Å². The van der Waals surface area contributed by atoms with Crippen LogP contribution in [0.25, 0.3) is 0 Å². The average Bonchev–Trinajstić information content (AvgIpc) is 1.97. The Labute approximate surface area is 65.5 Å². The lowest BCUT2D eigenvalue weighted by atomic mass is 10.7. The van der Waals surface area contributed by atoms with Gasteiger partial charge in [0, 0.05) is 6.61 Å². The zero-order valence-corrected chi connectivity index (χ0v) is 6.54. The highest BCUT2D eigenvalue weighted by molar-refractivity contribution is 5.72. The fourth-order valence-electron chi connectivity index (χ4n) is 0.408. The molecular weight excluding hydrogens is 148 g/mol. The van der Waals surface area contributed by atoms with Gasteiger partial charge in [0.05, 0.1) is 6.61 Å². The van der Waals surface area contributed by atoms with Crippen LogP contribution in [0.15, 0.2) is 0 Å². The molecule has 6 nitrogen and oxygen atoms in total. The fraction of sp³-hybridized carbons (Fsp3) is 0.800. The molecule has 6 heteroatoms. The van der Waals surface area contributed by atoms with E-state index in [0.717, 1.165) is 0 Å². The van der Waals surface area contributed by atoms with Crippen LogP contribution in [-0.4, -0.2) is 31.0 Å². The van der Waals surface area contributed by atoms with Gasteiger partial charge in [-0.3, -0.25) is 10.2 Å². The molecule has 0 unspecified atom stereocenters. The highest BCUT2D eigenvalue weighted by Crippen LogP contribution is 1.80. The molecule has 11 heavy (non-hydrogen) atoms. The standard InChI is InChI=1S/C5H14N4O2/c1-2-10-3-4-11-9(8)5(6)7/h2-4,8H2,1H3,(H3,6,7). The number of ether oxygens (including phenoxy) is 1. The van der Waals surface area contributed by atoms with Crippen LogP contribution in [0.1, 0.15) is 6.92 Å². The summed E-state index contributed by atoms with van der Waals surface area (Å²) in [5.41, 5.74) is 4.97. The van der Waals surface area contributed by atoms with E-state index in [1.807, 2.05) is 6.92 Å². The zero-order chi connectivity index (χ0) is 8.69. The zero-order valence-electron chi connectivity index (χ0n) is 6.54. The monoisotopic (exact) mass is 162 g/mol. The van der Waals surface area contributed by atoms with E-state index in [-0.39, 0.29) is 5.96 Å². The minimum Gasteiger partial charge on any atom is -0.379 e. The van der Waals surface area contributed by atoms with Crippen molar-refractivity contribution in [1.29, 1.82) is 5.41 Å². The molecule has 0 atom stereocenters. The largest absolute Gasteiger partial charge is 0.379 e. The Hall–Kier alpha value is -0.850. The maximum absolute atomic E-state index is 6.79.